The number of aromatic nitrogens is 2. The fourth-order valence-corrected chi connectivity index (χ4v) is 6.53. The molecule has 5 rings (SSSR count). The summed E-state index contributed by atoms with van der Waals surface area (Å²) < 4.78 is 73.5. The maximum Gasteiger partial charge on any atom is 0.408 e. The van der Waals surface area contributed by atoms with Crippen LogP contribution in [0.5, 0.6) is 0 Å². The summed E-state index contributed by atoms with van der Waals surface area (Å²) >= 11 is 0.709. The molecule has 2 aromatic rings. The molecule has 2 aromatic heterocycles. The van der Waals surface area contributed by atoms with Gasteiger partial charge in [0.05, 0.1) is 30.2 Å². The van der Waals surface area contributed by atoms with Crippen LogP contribution in [0, 0.1) is 0 Å². The number of aliphatic hydroxyl groups excluding tert-OH is 1. The molecule has 40 heavy (non-hydrogen) atoms. The second-order valence-electron chi connectivity index (χ2n) is 10.2. The van der Waals surface area contributed by atoms with Crippen molar-refractivity contribution in [3.8, 4) is 10.4 Å². The van der Waals surface area contributed by atoms with Crippen molar-refractivity contribution in [2.45, 2.75) is 81.9 Å². The van der Waals surface area contributed by atoms with Crippen LogP contribution in [-0.2, 0) is 4.74 Å². The molecule has 3 atom stereocenters. The Labute approximate surface area is 230 Å². The molecule has 3 aliphatic rings. The van der Waals surface area contributed by atoms with Crippen LogP contribution in [0.2, 0.25) is 0 Å². The number of fused-ring (bicyclic) bond motifs is 2. The SMILES string of the molecule is CC[C@H](Nc1cc(C(F)F)c(-c2sc(C(=O)N[C@@H]3COC[C@H]3O)nc2C(=O)N2[C@H]3CC[C@@H]2CC3)cn1)C(F)(F)F. The summed E-state index contributed by atoms with van der Waals surface area (Å²) in [4.78, 5) is 36.6. The highest BCUT2D eigenvalue weighted by molar-refractivity contribution is 7.17. The quantitative estimate of drug-likeness (QED) is 0.396. The number of nitrogens with one attached hydrogen (secondary N) is 2. The monoisotopic (exact) mass is 589 g/mol. The summed E-state index contributed by atoms with van der Waals surface area (Å²) in [6.45, 7) is 1.41. The number of amides is 2. The predicted octanol–water partition coefficient (Wildman–Crippen LogP) is 4.15. The van der Waals surface area contributed by atoms with E-state index in [4.69, 9.17) is 4.74 Å². The first-order valence-corrected chi connectivity index (χ1v) is 13.8. The second kappa shape index (κ2) is 11.2. The van der Waals surface area contributed by atoms with E-state index in [1.54, 1.807) is 4.90 Å². The zero-order chi connectivity index (χ0) is 28.8. The van der Waals surface area contributed by atoms with E-state index in [-0.39, 0.29) is 52.9 Å². The third-order valence-electron chi connectivity index (χ3n) is 7.62. The Morgan fingerprint density at radius 2 is 1.88 bits per heavy atom. The molecular formula is C25H28F5N5O4S. The lowest BCUT2D eigenvalue weighted by Gasteiger charge is -2.22. The number of rotatable bonds is 8. The van der Waals surface area contributed by atoms with Crippen molar-refractivity contribution in [1.82, 2.24) is 20.2 Å². The maximum atomic E-state index is 14.3. The van der Waals surface area contributed by atoms with E-state index in [0.29, 0.717) is 11.3 Å². The summed E-state index contributed by atoms with van der Waals surface area (Å²) in [6, 6.07) is -1.90. The summed E-state index contributed by atoms with van der Waals surface area (Å²) in [7, 11) is 0. The fourth-order valence-electron chi connectivity index (χ4n) is 5.54. The average molecular weight is 590 g/mol. The lowest BCUT2D eigenvalue weighted by atomic mass is 10.0. The number of aliphatic hydroxyl groups is 1. The number of carbonyl (C=O) groups is 2. The lowest BCUT2D eigenvalue weighted by Crippen LogP contribution is -2.42. The van der Waals surface area contributed by atoms with E-state index in [2.05, 4.69) is 20.6 Å². The zero-order valence-corrected chi connectivity index (χ0v) is 22.2. The number of hydrogen-bond donors (Lipinski definition) is 3. The molecule has 0 aliphatic carbocycles. The normalized spacial score (nSPS) is 25.1. The van der Waals surface area contributed by atoms with Crippen LogP contribution in [0.4, 0.5) is 27.8 Å². The second-order valence-corrected chi connectivity index (χ2v) is 11.2. The molecule has 3 aliphatic heterocycles. The van der Waals surface area contributed by atoms with Gasteiger partial charge >= 0.3 is 6.18 Å². The summed E-state index contributed by atoms with van der Waals surface area (Å²) in [5.74, 6) is -1.61. The van der Waals surface area contributed by atoms with Gasteiger partial charge in [-0.05, 0) is 38.2 Å². The minimum atomic E-state index is -4.62. The molecular weight excluding hydrogens is 561 g/mol. The summed E-state index contributed by atoms with van der Waals surface area (Å²) in [5, 5.41) is 14.6. The Morgan fingerprint density at radius 3 is 2.42 bits per heavy atom. The van der Waals surface area contributed by atoms with E-state index in [0.717, 1.165) is 37.9 Å². The van der Waals surface area contributed by atoms with Crippen molar-refractivity contribution in [2.24, 2.45) is 0 Å². The largest absolute Gasteiger partial charge is 0.408 e. The van der Waals surface area contributed by atoms with Crippen molar-refractivity contribution in [3.63, 3.8) is 0 Å². The highest BCUT2D eigenvalue weighted by Crippen LogP contribution is 2.42. The molecule has 218 valence electrons. The average Bonchev–Trinajstić information content (AvgIpc) is 3.70. The standard InChI is InChI=1S/C25H28F5N5O4S/c1-2-17(25(28,29)30)33-18-7-13(21(26)27)14(8-31-18)20-19(24(38)35-11-3-4-12(35)6-5-11)34-23(40-20)22(37)32-15-9-39-10-16(15)36/h7-8,11-12,15-17,21,36H,2-6,9-10H2,1H3,(H,31,33)(H,32,37)/t11-,12+,15-,16-,17+/m1/s1. The van der Waals surface area contributed by atoms with Gasteiger partial charge in [0.2, 0.25) is 0 Å². The molecule has 3 saturated heterocycles. The van der Waals surface area contributed by atoms with E-state index in [9.17, 15) is 36.6 Å². The van der Waals surface area contributed by atoms with E-state index < -0.39 is 54.0 Å². The van der Waals surface area contributed by atoms with Gasteiger partial charge in [0.1, 0.15) is 17.6 Å². The number of pyridine rings is 1. The Morgan fingerprint density at radius 1 is 1.20 bits per heavy atom. The molecule has 9 nitrogen and oxygen atoms in total. The Hall–Kier alpha value is -2.91. The van der Waals surface area contributed by atoms with E-state index in [1.807, 2.05) is 0 Å². The first-order valence-electron chi connectivity index (χ1n) is 13.0. The molecule has 3 N–H and O–H groups in total. The van der Waals surface area contributed by atoms with E-state index >= 15 is 0 Å². The number of hydrogen-bond acceptors (Lipinski definition) is 8. The molecule has 3 fully saturated rings. The molecule has 2 amide bonds. The predicted molar refractivity (Wildman–Crippen MR) is 134 cm³/mol. The molecule has 0 aromatic carbocycles. The van der Waals surface area contributed by atoms with Gasteiger partial charge in [-0.3, -0.25) is 9.59 Å². The Bertz CT molecular complexity index is 1250. The molecule has 0 spiro atoms. The van der Waals surface area contributed by atoms with Gasteiger partial charge in [-0.15, -0.1) is 11.3 Å². The number of anilines is 1. The highest BCUT2D eigenvalue weighted by Gasteiger charge is 2.44. The van der Waals surface area contributed by atoms with Crippen LogP contribution >= 0.6 is 11.3 Å². The zero-order valence-electron chi connectivity index (χ0n) is 21.4. The molecule has 0 unspecified atom stereocenters. The van der Waals surface area contributed by atoms with Crippen molar-refractivity contribution in [2.75, 3.05) is 18.5 Å². The molecule has 0 radical (unpaired) electrons. The number of nitrogens with zero attached hydrogens (tertiary/aromatic N) is 3. The smallest absolute Gasteiger partial charge is 0.388 e. The highest BCUT2D eigenvalue weighted by atomic mass is 32.1. The van der Waals surface area contributed by atoms with E-state index in [1.165, 1.54) is 6.92 Å². The van der Waals surface area contributed by atoms with Gasteiger partial charge in [-0.25, -0.2) is 18.7 Å². The first-order chi connectivity index (χ1) is 19.0. The fraction of sp³-hybridized carbons (Fsp3) is 0.600. The van der Waals surface area contributed by atoms with Gasteiger partial charge in [-0.2, -0.15) is 13.2 Å². The van der Waals surface area contributed by atoms with Gasteiger partial charge in [0.15, 0.2) is 5.01 Å². The number of thiazole rings is 1. The third kappa shape index (κ3) is 5.50. The first kappa shape index (κ1) is 28.6. The van der Waals surface area contributed by atoms with Gasteiger partial charge in [0, 0.05) is 29.4 Å². The van der Waals surface area contributed by atoms with Crippen molar-refractivity contribution in [3.05, 3.63) is 28.5 Å². The van der Waals surface area contributed by atoms with Crippen molar-refractivity contribution < 1.29 is 41.4 Å². The summed E-state index contributed by atoms with van der Waals surface area (Å²) in [6.07, 6.45) is -4.81. The van der Waals surface area contributed by atoms with Crippen LogP contribution in [0.15, 0.2) is 12.3 Å². The Balaban J connectivity index is 1.53. The van der Waals surface area contributed by atoms with Gasteiger partial charge < -0.3 is 25.4 Å². The van der Waals surface area contributed by atoms with Crippen LogP contribution in [-0.4, -0.2) is 81.5 Å². The number of ether oxygens (including phenoxy) is 1. The summed E-state index contributed by atoms with van der Waals surface area (Å²) in [5.41, 5.74) is -1.04. The topological polar surface area (TPSA) is 117 Å². The molecule has 2 bridgehead atoms. The number of alkyl halides is 5. The Kier molecular flexibility index (Phi) is 7.99. The van der Waals surface area contributed by atoms with Gasteiger partial charge in [-0.1, -0.05) is 6.92 Å². The van der Waals surface area contributed by atoms with Crippen LogP contribution in [0.1, 0.15) is 71.3 Å². The van der Waals surface area contributed by atoms with Crippen LogP contribution in [0.3, 0.4) is 0 Å². The number of halogens is 5. The molecule has 15 heteroatoms. The maximum absolute atomic E-state index is 14.3. The third-order valence-corrected chi connectivity index (χ3v) is 8.71. The van der Waals surface area contributed by atoms with Crippen molar-refractivity contribution in [1.29, 1.82) is 0 Å². The van der Waals surface area contributed by atoms with Crippen LogP contribution < -0.4 is 10.6 Å². The van der Waals surface area contributed by atoms with Crippen molar-refractivity contribution >= 4 is 29.0 Å². The molecule has 0 saturated carbocycles. The minimum absolute atomic E-state index is 0.0114. The van der Waals surface area contributed by atoms with Gasteiger partial charge in [0.25, 0.3) is 18.2 Å². The number of carbonyl (C=O) groups excluding carboxylic acids is 2. The van der Waals surface area contributed by atoms with Crippen LogP contribution in [0.25, 0.3) is 10.4 Å². The minimum Gasteiger partial charge on any atom is -0.388 e. The molecule has 5 heterocycles. The lowest BCUT2D eigenvalue weighted by molar-refractivity contribution is -0.142.